The van der Waals surface area contributed by atoms with Crippen molar-refractivity contribution in [3.8, 4) is 0 Å². The molecule has 0 unspecified atom stereocenters. The second kappa shape index (κ2) is 12.5. The van der Waals surface area contributed by atoms with Crippen LogP contribution in [-0.4, -0.2) is 62.9 Å². The number of carboxylic acid groups (broad SMARTS) is 2. The average molecular weight is 594 g/mol. The lowest BCUT2D eigenvalue weighted by Gasteiger charge is -2.38. The number of benzene rings is 3. The molecule has 0 aromatic heterocycles. The van der Waals surface area contributed by atoms with Crippen molar-refractivity contribution in [1.29, 1.82) is 0 Å². The molecular weight excluding hydrogens is 563 g/mol. The molecule has 0 saturated carbocycles. The molecule has 13 heteroatoms. The zero-order chi connectivity index (χ0) is 30.5. The molecule has 3 aromatic carbocycles. The molecule has 4 rings (SSSR count). The standard InChI is InChI=1S/C26H29N3O4S.C2HF3O2/c1-18-8-6-9-24(20(18)3)29-15-13-28(14-16-29)21-11-12-23(22(17-21)26(30)31)27-34(32,33)25-10-5-4-7-19(25)2;3-2(4,5)1(6)7/h4-12,17,27H,13-16H2,1-3H3,(H,30,31);(H,6,7). The van der Waals surface area contributed by atoms with E-state index in [4.69, 9.17) is 9.90 Å². The Balaban J connectivity index is 0.000000587. The molecule has 0 atom stereocenters. The lowest BCUT2D eigenvalue weighted by molar-refractivity contribution is -0.192. The number of halogens is 3. The van der Waals surface area contributed by atoms with Gasteiger partial charge < -0.3 is 20.0 Å². The summed E-state index contributed by atoms with van der Waals surface area (Å²) in [6, 6.07) is 17.8. The van der Waals surface area contributed by atoms with E-state index in [0.29, 0.717) is 5.56 Å². The number of hydrogen-bond donors (Lipinski definition) is 3. The number of sulfonamides is 1. The highest BCUT2D eigenvalue weighted by Gasteiger charge is 2.38. The monoisotopic (exact) mass is 593 g/mol. The second-order valence-electron chi connectivity index (χ2n) is 9.40. The Morgan fingerprint density at radius 2 is 1.39 bits per heavy atom. The van der Waals surface area contributed by atoms with Crippen molar-refractivity contribution < 1.29 is 41.4 Å². The molecule has 0 amide bonds. The van der Waals surface area contributed by atoms with Crippen LogP contribution in [0.25, 0.3) is 0 Å². The van der Waals surface area contributed by atoms with Gasteiger partial charge in [0, 0.05) is 37.6 Å². The van der Waals surface area contributed by atoms with Gasteiger partial charge in [0.2, 0.25) is 0 Å². The topological polar surface area (TPSA) is 127 Å². The number of aliphatic carboxylic acids is 1. The SMILES string of the molecule is Cc1ccccc1S(=O)(=O)Nc1ccc(N2CCN(c3cccc(C)c3C)CC2)cc1C(=O)O.O=C(O)C(F)(F)F. The Kier molecular flexibility index (Phi) is 9.53. The molecule has 1 aliphatic heterocycles. The molecular formula is C28H30F3N3O6S. The first kappa shape index (κ1) is 31.3. The van der Waals surface area contributed by atoms with Crippen molar-refractivity contribution in [1.82, 2.24) is 0 Å². The smallest absolute Gasteiger partial charge is 0.478 e. The van der Waals surface area contributed by atoms with Crippen LogP contribution in [0.15, 0.2) is 65.6 Å². The van der Waals surface area contributed by atoms with Gasteiger partial charge in [0.15, 0.2) is 0 Å². The number of aryl methyl sites for hydroxylation is 2. The lowest BCUT2D eigenvalue weighted by Crippen LogP contribution is -2.46. The number of aromatic carboxylic acids is 1. The normalized spacial score (nSPS) is 13.7. The maximum atomic E-state index is 12.9. The van der Waals surface area contributed by atoms with Crippen molar-refractivity contribution in [3.63, 3.8) is 0 Å². The van der Waals surface area contributed by atoms with Gasteiger partial charge in [-0.2, -0.15) is 13.2 Å². The first-order valence-corrected chi connectivity index (χ1v) is 13.9. The number of nitrogens with one attached hydrogen (secondary N) is 1. The van der Waals surface area contributed by atoms with E-state index >= 15 is 0 Å². The van der Waals surface area contributed by atoms with Crippen LogP contribution in [0.3, 0.4) is 0 Å². The maximum absolute atomic E-state index is 12.9. The summed E-state index contributed by atoms with van der Waals surface area (Å²) >= 11 is 0. The first-order valence-electron chi connectivity index (χ1n) is 12.4. The molecule has 1 fully saturated rings. The summed E-state index contributed by atoms with van der Waals surface area (Å²) in [4.78, 5) is 25.5. The van der Waals surface area contributed by atoms with E-state index < -0.39 is 28.1 Å². The minimum absolute atomic E-state index is 0.0496. The van der Waals surface area contributed by atoms with Gasteiger partial charge >= 0.3 is 18.1 Å². The van der Waals surface area contributed by atoms with Crippen LogP contribution in [0, 0.1) is 20.8 Å². The highest BCUT2D eigenvalue weighted by atomic mass is 32.2. The molecule has 0 aliphatic carbocycles. The van der Waals surface area contributed by atoms with E-state index in [2.05, 4.69) is 46.6 Å². The minimum atomic E-state index is -5.08. The molecule has 3 N–H and O–H groups in total. The van der Waals surface area contributed by atoms with Crippen molar-refractivity contribution in [3.05, 3.63) is 82.9 Å². The van der Waals surface area contributed by atoms with Crippen molar-refractivity contribution in [2.24, 2.45) is 0 Å². The third-order valence-electron chi connectivity index (χ3n) is 6.67. The number of nitrogens with zero attached hydrogens (tertiary/aromatic N) is 2. The van der Waals surface area contributed by atoms with Gasteiger partial charge in [0.05, 0.1) is 16.1 Å². The van der Waals surface area contributed by atoms with Crippen LogP contribution >= 0.6 is 0 Å². The van der Waals surface area contributed by atoms with Crippen LogP contribution in [0.1, 0.15) is 27.0 Å². The summed E-state index contributed by atoms with van der Waals surface area (Å²) in [5, 5.41) is 16.9. The molecule has 0 spiro atoms. The molecule has 3 aromatic rings. The Morgan fingerprint density at radius 1 is 0.829 bits per heavy atom. The third kappa shape index (κ3) is 7.69. The molecule has 0 bridgehead atoms. The highest BCUT2D eigenvalue weighted by Crippen LogP contribution is 2.29. The summed E-state index contributed by atoms with van der Waals surface area (Å²) in [6.45, 7) is 9.04. The lowest BCUT2D eigenvalue weighted by atomic mass is 10.1. The summed E-state index contributed by atoms with van der Waals surface area (Å²) in [6.07, 6.45) is -5.08. The molecule has 220 valence electrons. The summed E-state index contributed by atoms with van der Waals surface area (Å²) in [7, 11) is -3.92. The van der Waals surface area contributed by atoms with Gasteiger partial charge in [-0.3, -0.25) is 4.72 Å². The van der Waals surface area contributed by atoms with Crippen LogP contribution < -0.4 is 14.5 Å². The fraction of sp³-hybridized carbons (Fsp3) is 0.286. The predicted molar refractivity (Wildman–Crippen MR) is 149 cm³/mol. The molecule has 1 aliphatic rings. The van der Waals surface area contributed by atoms with Gasteiger partial charge in [-0.25, -0.2) is 18.0 Å². The van der Waals surface area contributed by atoms with E-state index in [1.807, 2.05) is 0 Å². The van der Waals surface area contributed by atoms with Crippen LogP contribution in [-0.2, 0) is 14.8 Å². The van der Waals surface area contributed by atoms with Crippen molar-refractivity contribution in [2.75, 3.05) is 40.7 Å². The second-order valence-corrected chi connectivity index (χ2v) is 11.1. The molecule has 0 radical (unpaired) electrons. The largest absolute Gasteiger partial charge is 0.490 e. The number of piperazine rings is 1. The fourth-order valence-corrected chi connectivity index (χ4v) is 5.66. The zero-order valence-electron chi connectivity index (χ0n) is 22.6. The van der Waals surface area contributed by atoms with Crippen molar-refractivity contribution in [2.45, 2.75) is 31.8 Å². The zero-order valence-corrected chi connectivity index (χ0v) is 23.4. The number of alkyl halides is 3. The molecule has 41 heavy (non-hydrogen) atoms. The minimum Gasteiger partial charge on any atom is -0.478 e. The molecule has 1 saturated heterocycles. The third-order valence-corrected chi connectivity index (χ3v) is 8.19. The average Bonchev–Trinajstić information content (AvgIpc) is 2.90. The van der Waals surface area contributed by atoms with Crippen molar-refractivity contribution >= 4 is 39.0 Å². The van der Waals surface area contributed by atoms with Gasteiger partial charge in [0.25, 0.3) is 10.0 Å². The van der Waals surface area contributed by atoms with E-state index in [0.717, 1.165) is 31.9 Å². The maximum Gasteiger partial charge on any atom is 0.490 e. The van der Waals surface area contributed by atoms with E-state index in [1.54, 1.807) is 37.3 Å². The van der Waals surface area contributed by atoms with Gasteiger partial charge in [-0.15, -0.1) is 0 Å². The van der Waals surface area contributed by atoms with Gasteiger partial charge in [0.1, 0.15) is 0 Å². The number of rotatable bonds is 6. The van der Waals surface area contributed by atoms with Crippen LogP contribution in [0.2, 0.25) is 0 Å². The first-order chi connectivity index (χ1) is 19.1. The Hall–Kier alpha value is -4.26. The summed E-state index contributed by atoms with van der Waals surface area (Å²) in [5.41, 5.74) is 5.08. The Labute approximate surface area is 235 Å². The number of anilines is 3. The number of carboxylic acids is 2. The van der Waals surface area contributed by atoms with Gasteiger partial charge in [-0.1, -0.05) is 30.3 Å². The van der Waals surface area contributed by atoms with Crippen LogP contribution in [0.5, 0.6) is 0 Å². The fourth-order valence-electron chi connectivity index (χ4n) is 4.34. The Bertz CT molecular complexity index is 1540. The quantitative estimate of drug-likeness (QED) is 0.362. The van der Waals surface area contributed by atoms with E-state index in [9.17, 15) is 31.5 Å². The van der Waals surface area contributed by atoms with E-state index in [-0.39, 0.29) is 16.1 Å². The van der Waals surface area contributed by atoms with Crippen LogP contribution in [0.4, 0.5) is 30.2 Å². The summed E-state index contributed by atoms with van der Waals surface area (Å²) < 4.78 is 60.0. The number of hydrogen-bond acceptors (Lipinski definition) is 6. The van der Waals surface area contributed by atoms with E-state index in [1.165, 1.54) is 28.9 Å². The summed E-state index contributed by atoms with van der Waals surface area (Å²) in [5.74, 6) is -3.94. The van der Waals surface area contributed by atoms with Gasteiger partial charge in [-0.05, 0) is 67.8 Å². The molecule has 9 nitrogen and oxygen atoms in total. The predicted octanol–water partition coefficient (Wildman–Crippen LogP) is 5.07. The molecule has 1 heterocycles. The highest BCUT2D eigenvalue weighted by molar-refractivity contribution is 7.92. The Morgan fingerprint density at radius 3 is 1.95 bits per heavy atom. The number of carbonyl (C=O) groups is 2.